The number of hydrogen-bond acceptors (Lipinski definition) is 2. The summed E-state index contributed by atoms with van der Waals surface area (Å²) in [5.74, 6) is 6.13. The molecule has 20 heavy (non-hydrogen) atoms. The lowest BCUT2D eigenvalue weighted by molar-refractivity contribution is 0.419. The van der Waals surface area contributed by atoms with Gasteiger partial charge in [0, 0.05) is 0 Å². The van der Waals surface area contributed by atoms with Crippen LogP contribution in [0.5, 0.6) is 0 Å². The fourth-order valence-electron chi connectivity index (χ4n) is 2.77. The van der Waals surface area contributed by atoms with Crippen molar-refractivity contribution in [3.8, 4) is 0 Å². The Morgan fingerprint density at radius 2 is 1.80 bits per heavy atom. The van der Waals surface area contributed by atoms with Crippen molar-refractivity contribution in [3.05, 3.63) is 71.0 Å². The number of rotatable bonds is 4. The minimum absolute atomic E-state index is 0.179. The highest BCUT2D eigenvalue weighted by Gasteiger charge is 2.20. The van der Waals surface area contributed by atoms with Gasteiger partial charge < -0.3 is 0 Å². The molecular formula is C17H19FN2. The van der Waals surface area contributed by atoms with Crippen LogP contribution >= 0.6 is 0 Å². The first-order chi connectivity index (χ1) is 9.78. The molecule has 1 saturated carbocycles. The predicted octanol–water partition coefficient (Wildman–Crippen LogP) is 3.65. The van der Waals surface area contributed by atoms with Gasteiger partial charge in [-0.05, 0) is 47.6 Å². The maximum absolute atomic E-state index is 13.3. The summed E-state index contributed by atoms with van der Waals surface area (Å²) < 4.78 is 13.3. The summed E-state index contributed by atoms with van der Waals surface area (Å²) in [6, 6.07) is 14.9. The van der Waals surface area contributed by atoms with Gasteiger partial charge in [0.25, 0.3) is 0 Å². The van der Waals surface area contributed by atoms with E-state index in [4.69, 9.17) is 5.84 Å². The highest BCUT2D eigenvalue weighted by Crippen LogP contribution is 2.36. The van der Waals surface area contributed by atoms with Gasteiger partial charge in [-0.15, -0.1) is 0 Å². The molecule has 0 aliphatic heterocycles. The second-order valence-corrected chi connectivity index (χ2v) is 5.45. The van der Waals surface area contributed by atoms with Gasteiger partial charge in [0.2, 0.25) is 0 Å². The van der Waals surface area contributed by atoms with E-state index in [2.05, 4.69) is 29.7 Å². The second-order valence-electron chi connectivity index (χ2n) is 5.45. The Balaban J connectivity index is 1.85. The summed E-state index contributed by atoms with van der Waals surface area (Å²) in [6.07, 6.45) is 3.92. The average Bonchev–Trinajstić information content (AvgIpc) is 2.40. The van der Waals surface area contributed by atoms with Crippen LogP contribution in [0.3, 0.4) is 0 Å². The molecule has 2 aromatic carbocycles. The summed E-state index contributed by atoms with van der Waals surface area (Å²) in [5, 5.41) is 0. The molecule has 2 nitrogen and oxygen atoms in total. The van der Waals surface area contributed by atoms with E-state index in [0.717, 1.165) is 17.0 Å². The number of nitrogens with two attached hydrogens (primary N) is 1. The van der Waals surface area contributed by atoms with Crippen LogP contribution in [0, 0.1) is 5.82 Å². The normalized spacial score (nSPS) is 16.7. The number of hydrazine groups is 1. The molecule has 1 aliphatic rings. The van der Waals surface area contributed by atoms with Gasteiger partial charge in [-0.25, -0.2) is 9.82 Å². The Morgan fingerprint density at radius 1 is 1.05 bits per heavy atom. The third kappa shape index (κ3) is 2.60. The molecule has 1 aliphatic carbocycles. The smallest absolute Gasteiger partial charge is 0.123 e. The molecule has 0 bridgehead atoms. The lowest BCUT2D eigenvalue weighted by Crippen LogP contribution is -2.28. The largest absolute Gasteiger partial charge is 0.271 e. The molecular weight excluding hydrogens is 251 g/mol. The quantitative estimate of drug-likeness (QED) is 0.657. The third-order valence-electron chi connectivity index (χ3n) is 4.20. The van der Waals surface area contributed by atoms with E-state index in [1.165, 1.54) is 37.0 Å². The molecule has 2 aromatic rings. The van der Waals surface area contributed by atoms with Crippen LogP contribution in [0.2, 0.25) is 0 Å². The van der Waals surface area contributed by atoms with Gasteiger partial charge in [-0.2, -0.15) is 0 Å². The molecule has 3 N–H and O–H groups in total. The van der Waals surface area contributed by atoms with Gasteiger partial charge >= 0.3 is 0 Å². The topological polar surface area (TPSA) is 38.0 Å². The Bertz CT molecular complexity index is 576. The van der Waals surface area contributed by atoms with E-state index in [9.17, 15) is 4.39 Å². The van der Waals surface area contributed by atoms with Crippen molar-refractivity contribution in [2.75, 3.05) is 0 Å². The third-order valence-corrected chi connectivity index (χ3v) is 4.20. The van der Waals surface area contributed by atoms with E-state index in [1.807, 2.05) is 6.07 Å². The zero-order valence-electron chi connectivity index (χ0n) is 11.4. The van der Waals surface area contributed by atoms with Crippen molar-refractivity contribution in [3.63, 3.8) is 0 Å². The van der Waals surface area contributed by atoms with Crippen LogP contribution in [0.15, 0.2) is 48.5 Å². The highest BCUT2D eigenvalue weighted by molar-refractivity contribution is 5.35. The lowest BCUT2D eigenvalue weighted by atomic mass is 9.79. The Kier molecular flexibility index (Phi) is 3.81. The first-order valence-electron chi connectivity index (χ1n) is 7.09. The minimum atomic E-state index is -0.242. The number of halogens is 1. The molecule has 3 rings (SSSR count). The lowest BCUT2D eigenvalue weighted by Gasteiger charge is -2.26. The number of benzene rings is 2. The van der Waals surface area contributed by atoms with Crippen LogP contribution in [0.25, 0.3) is 0 Å². The zero-order chi connectivity index (χ0) is 13.9. The SMILES string of the molecule is NNC(c1ccc(C2CCC2)cc1)c1cccc(F)c1. The standard InChI is InChI=1S/C17H19FN2/c18-16-6-2-5-15(11-16)17(20-19)14-9-7-13(8-10-14)12-3-1-4-12/h2,5-12,17,20H,1,3-4,19H2. The van der Waals surface area contributed by atoms with E-state index < -0.39 is 0 Å². The molecule has 1 atom stereocenters. The Labute approximate surface area is 118 Å². The summed E-state index contributed by atoms with van der Waals surface area (Å²) in [5.41, 5.74) is 6.06. The predicted molar refractivity (Wildman–Crippen MR) is 78.6 cm³/mol. The van der Waals surface area contributed by atoms with Crippen molar-refractivity contribution in [1.82, 2.24) is 5.43 Å². The fraction of sp³-hybridized carbons (Fsp3) is 0.294. The summed E-state index contributed by atoms with van der Waals surface area (Å²) in [6.45, 7) is 0. The molecule has 0 radical (unpaired) electrons. The van der Waals surface area contributed by atoms with Crippen LogP contribution in [0.1, 0.15) is 47.9 Å². The van der Waals surface area contributed by atoms with Crippen LogP contribution < -0.4 is 11.3 Å². The molecule has 104 valence electrons. The summed E-state index contributed by atoms with van der Waals surface area (Å²) in [4.78, 5) is 0. The zero-order valence-corrected chi connectivity index (χ0v) is 11.4. The molecule has 1 fully saturated rings. The Morgan fingerprint density at radius 3 is 2.35 bits per heavy atom. The van der Waals surface area contributed by atoms with E-state index >= 15 is 0 Å². The van der Waals surface area contributed by atoms with E-state index in [0.29, 0.717) is 0 Å². The highest BCUT2D eigenvalue weighted by atomic mass is 19.1. The monoisotopic (exact) mass is 270 g/mol. The van der Waals surface area contributed by atoms with Crippen molar-refractivity contribution in [2.45, 2.75) is 31.2 Å². The first kappa shape index (κ1) is 13.3. The molecule has 0 saturated heterocycles. The molecule has 0 aromatic heterocycles. The number of nitrogens with one attached hydrogen (secondary N) is 1. The molecule has 0 spiro atoms. The van der Waals surface area contributed by atoms with Crippen molar-refractivity contribution < 1.29 is 4.39 Å². The first-order valence-corrected chi connectivity index (χ1v) is 7.09. The van der Waals surface area contributed by atoms with Crippen LogP contribution in [0.4, 0.5) is 4.39 Å². The fourth-order valence-corrected chi connectivity index (χ4v) is 2.77. The van der Waals surface area contributed by atoms with E-state index in [-0.39, 0.29) is 11.9 Å². The van der Waals surface area contributed by atoms with Gasteiger partial charge in [-0.1, -0.05) is 42.8 Å². The molecule has 1 unspecified atom stereocenters. The summed E-state index contributed by atoms with van der Waals surface area (Å²) >= 11 is 0. The van der Waals surface area contributed by atoms with E-state index in [1.54, 1.807) is 6.07 Å². The molecule has 3 heteroatoms. The molecule has 0 heterocycles. The van der Waals surface area contributed by atoms with Gasteiger partial charge in [-0.3, -0.25) is 5.84 Å². The van der Waals surface area contributed by atoms with Crippen LogP contribution in [-0.4, -0.2) is 0 Å². The molecule has 0 amide bonds. The van der Waals surface area contributed by atoms with Gasteiger partial charge in [0.1, 0.15) is 5.82 Å². The number of hydrogen-bond donors (Lipinski definition) is 2. The maximum Gasteiger partial charge on any atom is 0.123 e. The van der Waals surface area contributed by atoms with Gasteiger partial charge in [0.15, 0.2) is 0 Å². The van der Waals surface area contributed by atoms with Crippen molar-refractivity contribution in [1.29, 1.82) is 0 Å². The Hall–Kier alpha value is -1.71. The van der Waals surface area contributed by atoms with Crippen LogP contribution in [-0.2, 0) is 0 Å². The average molecular weight is 270 g/mol. The van der Waals surface area contributed by atoms with Crippen molar-refractivity contribution in [2.24, 2.45) is 5.84 Å². The van der Waals surface area contributed by atoms with Gasteiger partial charge in [0.05, 0.1) is 6.04 Å². The second kappa shape index (κ2) is 5.73. The minimum Gasteiger partial charge on any atom is -0.271 e. The van der Waals surface area contributed by atoms with Crippen molar-refractivity contribution >= 4 is 0 Å². The maximum atomic E-state index is 13.3. The summed E-state index contributed by atoms with van der Waals surface area (Å²) in [7, 11) is 0.